The lowest BCUT2D eigenvalue weighted by molar-refractivity contribution is 0.121. The normalized spacial score (nSPS) is 14.4. The summed E-state index contributed by atoms with van der Waals surface area (Å²) >= 11 is 0. The predicted octanol–water partition coefficient (Wildman–Crippen LogP) is 2.25. The number of hydrogen-bond donors (Lipinski definition) is 1. The molecule has 1 aromatic heterocycles. The number of carbonyl (C=O) groups excluding carboxylic acids is 1. The fraction of sp³-hybridized carbons (Fsp3) is 0.312. The second-order valence-electron chi connectivity index (χ2n) is 5.29. The molecule has 1 N–H and O–H groups in total. The summed E-state index contributed by atoms with van der Waals surface area (Å²) < 4.78 is 18.4. The molecule has 7 nitrogen and oxygen atoms in total. The molecular weight excluding hydrogens is 313 g/mol. The Bertz CT molecular complexity index is 719. The molecule has 126 valence electrons. The second-order valence-corrected chi connectivity index (χ2v) is 5.29. The van der Waals surface area contributed by atoms with Crippen molar-refractivity contribution in [3.8, 4) is 0 Å². The number of para-hydroxylation sites is 1. The Morgan fingerprint density at radius 3 is 2.67 bits per heavy atom. The lowest BCUT2D eigenvalue weighted by Gasteiger charge is -2.33. The van der Waals surface area contributed by atoms with Gasteiger partial charge in [0, 0.05) is 32.4 Å². The third-order valence-electron chi connectivity index (χ3n) is 3.77. The molecule has 8 heteroatoms. The summed E-state index contributed by atoms with van der Waals surface area (Å²) in [5.41, 5.74) is 0.359. The topological polar surface area (TPSA) is 70.6 Å². The van der Waals surface area contributed by atoms with Gasteiger partial charge >= 0.3 is 6.09 Å². The number of nitrogens with zero attached hydrogens (tertiary/aromatic N) is 4. The third-order valence-corrected chi connectivity index (χ3v) is 3.77. The summed E-state index contributed by atoms with van der Waals surface area (Å²) in [5, 5.41) is 2.95. The van der Waals surface area contributed by atoms with E-state index in [1.165, 1.54) is 13.2 Å². The Kier molecular flexibility index (Phi) is 4.74. The largest absolute Gasteiger partial charge is 0.453 e. The van der Waals surface area contributed by atoms with Crippen LogP contribution in [0.3, 0.4) is 0 Å². The SMILES string of the molecule is COC(=O)N1CCN(c2nccc(Nc3ccccc3F)n2)CC1. The van der Waals surface area contributed by atoms with Gasteiger partial charge in [0.1, 0.15) is 11.6 Å². The van der Waals surface area contributed by atoms with Crippen molar-refractivity contribution >= 4 is 23.5 Å². The Hall–Kier alpha value is -2.90. The van der Waals surface area contributed by atoms with Crippen molar-refractivity contribution in [2.45, 2.75) is 0 Å². The molecule has 2 aromatic rings. The molecule has 2 heterocycles. The number of aromatic nitrogens is 2. The standard InChI is InChI=1S/C16H18FN5O2/c1-24-16(23)22-10-8-21(9-11-22)15-18-7-6-14(20-15)19-13-5-3-2-4-12(13)17/h2-7H,8-11H2,1H3,(H,18,19,20). The highest BCUT2D eigenvalue weighted by molar-refractivity contribution is 5.67. The van der Waals surface area contributed by atoms with E-state index in [1.807, 2.05) is 4.90 Å². The third kappa shape index (κ3) is 3.53. The molecule has 0 aliphatic carbocycles. The zero-order chi connectivity index (χ0) is 16.9. The van der Waals surface area contributed by atoms with Crippen molar-refractivity contribution in [3.63, 3.8) is 0 Å². The number of hydrogen-bond acceptors (Lipinski definition) is 6. The van der Waals surface area contributed by atoms with Crippen molar-refractivity contribution in [2.75, 3.05) is 43.5 Å². The zero-order valence-corrected chi connectivity index (χ0v) is 13.3. The van der Waals surface area contributed by atoms with Gasteiger partial charge in [-0.15, -0.1) is 0 Å². The van der Waals surface area contributed by atoms with Gasteiger partial charge < -0.3 is 19.9 Å². The molecule has 3 rings (SSSR count). The Morgan fingerprint density at radius 1 is 1.21 bits per heavy atom. The maximum Gasteiger partial charge on any atom is 0.409 e. The molecule has 1 aromatic carbocycles. The Balaban J connectivity index is 1.68. The van der Waals surface area contributed by atoms with Gasteiger partial charge in [-0.2, -0.15) is 4.98 Å². The summed E-state index contributed by atoms with van der Waals surface area (Å²) in [4.78, 5) is 23.8. The number of amides is 1. The first kappa shape index (κ1) is 16.0. The van der Waals surface area contributed by atoms with Crippen LogP contribution in [-0.4, -0.2) is 54.2 Å². The van der Waals surface area contributed by atoms with Crippen LogP contribution < -0.4 is 10.2 Å². The van der Waals surface area contributed by atoms with E-state index in [2.05, 4.69) is 15.3 Å². The maximum atomic E-state index is 13.7. The Labute approximate surface area is 139 Å². The van der Waals surface area contributed by atoms with Crippen LogP contribution in [0.25, 0.3) is 0 Å². The minimum absolute atomic E-state index is 0.328. The molecule has 0 bridgehead atoms. The number of carbonyl (C=O) groups is 1. The number of halogens is 1. The monoisotopic (exact) mass is 331 g/mol. The number of methoxy groups -OCH3 is 1. The van der Waals surface area contributed by atoms with Gasteiger partial charge in [-0.3, -0.25) is 0 Å². The van der Waals surface area contributed by atoms with E-state index in [4.69, 9.17) is 4.74 Å². The molecule has 0 saturated carbocycles. The summed E-state index contributed by atoms with van der Waals surface area (Å²) in [6.45, 7) is 2.30. The molecule has 1 amide bonds. The highest BCUT2D eigenvalue weighted by Crippen LogP contribution is 2.20. The van der Waals surface area contributed by atoms with E-state index >= 15 is 0 Å². The van der Waals surface area contributed by atoms with Crippen LogP contribution in [-0.2, 0) is 4.74 Å². The molecular formula is C16H18FN5O2. The minimum atomic E-state index is -0.343. The van der Waals surface area contributed by atoms with Crippen molar-refractivity contribution in [2.24, 2.45) is 0 Å². The molecule has 0 spiro atoms. The van der Waals surface area contributed by atoms with E-state index in [-0.39, 0.29) is 11.9 Å². The van der Waals surface area contributed by atoms with Gasteiger partial charge in [0.15, 0.2) is 0 Å². The predicted molar refractivity (Wildman–Crippen MR) is 87.9 cm³/mol. The van der Waals surface area contributed by atoms with Crippen LogP contribution in [0.5, 0.6) is 0 Å². The van der Waals surface area contributed by atoms with Crippen molar-refractivity contribution in [3.05, 3.63) is 42.3 Å². The first-order valence-corrected chi connectivity index (χ1v) is 7.60. The highest BCUT2D eigenvalue weighted by atomic mass is 19.1. The molecule has 1 aliphatic heterocycles. The number of piperazine rings is 1. The van der Waals surface area contributed by atoms with Crippen LogP contribution >= 0.6 is 0 Å². The summed E-state index contributed by atoms with van der Waals surface area (Å²) in [7, 11) is 1.37. The zero-order valence-electron chi connectivity index (χ0n) is 13.3. The van der Waals surface area contributed by atoms with E-state index in [0.717, 1.165) is 0 Å². The molecule has 0 unspecified atom stereocenters. The van der Waals surface area contributed by atoms with Crippen LogP contribution in [0.2, 0.25) is 0 Å². The molecule has 0 atom stereocenters. The second kappa shape index (κ2) is 7.12. The maximum absolute atomic E-state index is 13.7. The van der Waals surface area contributed by atoms with Crippen molar-refractivity contribution in [1.29, 1.82) is 0 Å². The Morgan fingerprint density at radius 2 is 1.96 bits per heavy atom. The van der Waals surface area contributed by atoms with Crippen LogP contribution in [0, 0.1) is 5.82 Å². The van der Waals surface area contributed by atoms with Crippen LogP contribution in [0.15, 0.2) is 36.5 Å². The number of rotatable bonds is 3. The number of benzene rings is 1. The van der Waals surface area contributed by atoms with E-state index in [0.29, 0.717) is 43.6 Å². The van der Waals surface area contributed by atoms with Crippen LogP contribution in [0.1, 0.15) is 0 Å². The fourth-order valence-electron chi connectivity index (χ4n) is 2.49. The van der Waals surface area contributed by atoms with Crippen LogP contribution in [0.4, 0.5) is 26.6 Å². The molecule has 1 saturated heterocycles. The highest BCUT2D eigenvalue weighted by Gasteiger charge is 2.23. The summed E-state index contributed by atoms with van der Waals surface area (Å²) in [5.74, 6) is 0.714. The van der Waals surface area contributed by atoms with E-state index in [1.54, 1.807) is 35.4 Å². The smallest absolute Gasteiger partial charge is 0.409 e. The van der Waals surface area contributed by atoms with Gasteiger partial charge in [-0.05, 0) is 18.2 Å². The first-order chi connectivity index (χ1) is 11.7. The summed E-state index contributed by atoms with van der Waals surface area (Å²) in [6, 6.07) is 8.09. The summed E-state index contributed by atoms with van der Waals surface area (Å²) in [6.07, 6.45) is 1.30. The van der Waals surface area contributed by atoms with E-state index in [9.17, 15) is 9.18 Å². The lowest BCUT2D eigenvalue weighted by atomic mass is 10.3. The van der Waals surface area contributed by atoms with Gasteiger partial charge in [-0.25, -0.2) is 14.2 Å². The fourth-order valence-corrected chi connectivity index (χ4v) is 2.49. The number of nitrogens with one attached hydrogen (secondary N) is 1. The average molecular weight is 331 g/mol. The quantitative estimate of drug-likeness (QED) is 0.930. The average Bonchev–Trinajstić information content (AvgIpc) is 2.63. The lowest BCUT2D eigenvalue weighted by Crippen LogP contribution is -2.49. The van der Waals surface area contributed by atoms with E-state index < -0.39 is 0 Å². The van der Waals surface area contributed by atoms with Gasteiger partial charge in [0.25, 0.3) is 0 Å². The first-order valence-electron chi connectivity index (χ1n) is 7.60. The van der Waals surface area contributed by atoms with Gasteiger partial charge in [-0.1, -0.05) is 12.1 Å². The van der Waals surface area contributed by atoms with Gasteiger partial charge in [0.05, 0.1) is 12.8 Å². The van der Waals surface area contributed by atoms with Gasteiger partial charge in [0.2, 0.25) is 5.95 Å². The number of anilines is 3. The molecule has 1 fully saturated rings. The van der Waals surface area contributed by atoms with Crippen molar-refractivity contribution in [1.82, 2.24) is 14.9 Å². The molecule has 24 heavy (non-hydrogen) atoms. The van der Waals surface area contributed by atoms with Crippen molar-refractivity contribution < 1.29 is 13.9 Å². The molecule has 0 radical (unpaired) electrons. The molecule has 1 aliphatic rings. The number of ether oxygens (including phenoxy) is 1. The minimum Gasteiger partial charge on any atom is -0.453 e.